The van der Waals surface area contributed by atoms with Crippen LogP contribution in [-0.2, 0) is 33.2 Å². The minimum atomic E-state index is -4.74. The standard InChI is InChI=1S/C20H8F7N5.Pt/c21-16-8-7-11(18(22)30-16)12-3-1-4-13(28-12)19(23,24)14-5-2-6-17(29-14)32-10-9-15(31-32)20(25,26)27;/h1-6,8-9H;/q-2;+2. The molecule has 0 aliphatic heterocycles. The molecule has 13 heteroatoms. The van der Waals surface area contributed by atoms with Crippen LogP contribution < -0.4 is 0 Å². The predicted molar refractivity (Wildman–Crippen MR) is 94.4 cm³/mol. The van der Waals surface area contributed by atoms with E-state index in [9.17, 15) is 22.0 Å². The van der Waals surface area contributed by atoms with E-state index in [1.165, 1.54) is 18.2 Å². The fraction of sp³-hybridized carbons (Fsp3) is 0.100. The second-order valence-electron chi connectivity index (χ2n) is 6.32. The summed E-state index contributed by atoms with van der Waals surface area (Å²) in [5.41, 5.74) is -3.65. The molecule has 0 saturated carbocycles. The number of aromatic nitrogens is 5. The molecule has 0 atom stereocenters. The Morgan fingerprint density at radius 1 is 0.788 bits per heavy atom. The first-order chi connectivity index (χ1) is 15.1. The van der Waals surface area contributed by atoms with Gasteiger partial charge in [-0.15, -0.1) is 12.1 Å². The molecule has 4 rings (SSSR count). The van der Waals surface area contributed by atoms with Crippen LogP contribution in [0.5, 0.6) is 0 Å². The van der Waals surface area contributed by atoms with E-state index in [2.05, 4.69) is 32.3 Å². The summed E-state index contributed by atoms with van der Waals surface area (Å²) in [4.78, 5) is 10.4. The van der Waals surface area contributed by atoms with Crippen molar-refractivity contribution in [2.75, 3.05) is 0 Å². The van der Waals surface area contributed by atoms with E-state index in [1.807, 2.05) is 0 Å². The molecule has 0 aliphatic carbocycles. The Morgan fingerprint density at radius 3 is 2.09 bits per heavy atom. The maximum absolute atomic E-state index is 15.1. The number of halogens is 7. The molecular weight excluding hydrogens is 638 g/mol. The SMILES string of the molecule is Fc1c[c-]c(-c2cccc(C(F)(F)c3cccc(-n4[c-]cc(C(F)(F)F)n4)n3)n2)c(F)n1.[Pt+2]. The first kappa shape index (κ1) is 24.5. The van der Waals surface area contributed by atoms with E-state index in [-0.39, 0.29) is 32.6 Å². The molecular formula is C20H8F7N5Pt. The Hall–Kier alpha value is -3.14. The van der Waals surface area contributed by atoms with Crippen LogP contribution in [-0.4, -0.2) is 24.7 Å². The molecule has 0 bridgehead atoms. The quantitative estimate of drug-likeness (QED) is 0.183. The van der Waals surface area contributed by atoms with Gasteiger partial charge in [0.1, 0.15) is 23.3 Å². The van der Waals surface area contributed by atoms with Gasteiger partial charge in [0.05, 0.1) is 11.5 Å². The third-order valence-electron chi connectivity index (χ3n) is 4.17. The van der Waals surface area contributed by atoms with Gasteiger partial charge in [0.25, 0.3) is 0 Å². The van der Waals surface area contributed by atoms with E-state index in [1.54, 1.807) is 0 Å². The molecule has 0 N–H and O–H groups in total. The van der Waals surface area contributed by atoms with Crippen LogP contribution in [0.1, 0.15) is 17.1 Å². The Morgan fingerprint density at radius 2 is 1.45 bits per heavy atom. The second-order valence-corrected chi connectivity index (χ2v) is 6.32. The molecule has 0 radical (unpaired) electrons. The third kappa shape index (κ3) is 4.95. The largest absolute Gasteiger partial charge is 2.00 e. The van der Waals surface area contributed by atoms with Crippen LogP contribution in [0.15, 0.2) is 48.5 Å². The van der Waals surface area contributed by atoms with Crippen molar-refractivity contribution in [3.63, 3.8) is 0 Å². The van der Waals surface area contributed by atoms with Gasteiger partial charge in [-0.05, 0) is 17.8 Å². The average Bonchev–Trinajstić information content (AvgIpc) is 3.25. The molecule has 0 spiro atoms. The van der Waals surface area contributed by atoms with Crippen LogP contribution in [0.2, 0.25) is 0 Å². The number of alkyl halides is 5. The fourth-order valence-electron chi connectivity index (χ4n) is 2.69. The van der Waals surface area contributed by atoms with Crippen molar-refractivity contribution >= 4 is 0 Å². The molecule has 4 aromatic heterocycles. The number of hydrogen-bond acceptors (Lipinski definition) is 4. The summed E-state index contributed by atoms with van der Waals surface area (Å²) in [5, 5.41) is 3.25. The molecule has 0 saturated heterocycles. The molecule has 0 aliphatic rings. The van der Waals surface area contributed by atoms with Gasteiger partial charge in [-0.1, -0.05) is 42.1 Å². The van der Waals surface area contributed by atoms with Crippen LogP contribution in [0, 0.1) is 24.2 Å². The van der Waals surface area contributed by atoms with Crippen molar-refractivity contribution in [1.29, 1.82) is 0 Å². The Balaban J connectivity index is 0.00000306. The summed E-state index contributed by atoms with van der Waals surface area (Å²) in [5.74, 6) is -6.59. The van der Waals surface area contributed by atoms with Gasteiger partial charge in [-0.3, -0.25) is 20.1 Å². The molecule has 5 nitrogen and oxygen atoms in total. The van der Waals surface area contributed by atoms with Gasteiger partial charge in [-0.25, -0.2) is 8.78 Å². The first-order valence-electron chi connectivity index (χ1n) is 8.68. The third-order valence-corrected chi connectivity index (χ3v) is 4.17. The van der Waals surface area contributed by atoms with Gasteiger partial charge in [0, 0.05) is 0 Å². The first-order valence-corrected chi connectivity index (χ1v) is 8.68. The van der Waals surface area contributed by atoms with Crippen LogP contribution in [0.25, 0.3) is 17.1 Å². The molecule has 0 unspecified atom stereocenters. The Kier molecular flexibility index (Phi) is 6.69. The van der Waals surface area contributed by atoms with E-state index in [0.29, 0.717) is 10.7 Å². The van der Waals surface area contributed by atoms with Gasteiger partial charge in [-0.2, -0.15) is 22.0 Å². The maximum Gasteiger partial charge on any atom is 2.00 e. The summed E-state index contributed by atoms with van der Waals surface area (Å²) in [7, 11) is 0. The van der Waals surface area contributed by atoms with E-state index >= 15 is 8.78 Å². The Labute approximate surface area is 195 Å². The smallest absolute Gasteiger partial charge is 0.343 e. The van der Waals surface area contributed by atoms with Gasteiger partial charge < -0.3 is 4.68 Å². The summed E-state index contributed by atoms with van der Waals surface area (Å²) >= 11 is 0. The second kappa shape index (κ2) is 9.01. The average molecular weight is 646 g/mol. The molecule has 4 aromatic rings. The molecule has 0 fully saturated rings. The normalized spacial score (nSPS) is 11.8. The van der Waals surface area contributed by atoms with Crippen LogP contribution >= 0.6 is 0 Å². The summed E-state index contributed by atoms with van der Waals surface area (Å²) in [6, 6.07) is 10.1. The Bertz CT molecular complexity index is 1290. The summed E-state index contributed by atoms with van der Waals surface area (Å²) in [6.07, 6.45) is -2.57. The van der Waals surface area contributed by atoms with Crippen molar-refractivity contribution in [2.24, 2.45) is 0 Å². The van der Waals surface area contributed by atoms with E-state index < -0.39 is 46.6 Å². The van der Waals surface area contributed by atoms with Crippen molar-refractivity contribution in [3.8, 4) is 17.1 Å². The zero-order chi connectivity index (χ0) is 23.1. The van der Waals surface area contributed by atoms with E-state index in [0.717, 1.165) is 24.3 Å². The molecule has 0 amide bonds. The van der Waals surface area contributed by atoms with Crippen LogP contribution in [0.3, 0.4) is 0 Å². The molecule has 0 aromatic carbocycles. The molecule has 4 heterocycles. The van der Waals surface area contributed by atoms with Crippen molar-refractivity contribution in [1.82, 2.24) is 24.7 Å². The number of hydrogen-bond donors (Lipinski definition) is 0. The van der Waals surface area contributed by atoms with Crippen molar-refractivity contribution < 1.29 is 51.8 Å². The number of pyridine rings is 3. The fourth-order valence-corrected chi connectivity index (χ4v) is 2.69. The van der Waals surface area contributed by atoms with Crippen molar-refractivity contribution in [2.45, 2.75) is 12.1 Å². The summed E-state index contributed by atoms with van der Waals surface area (Å²) < 4.78 is 95.9. The monoisotopic (exact) mass is 646 g/mol. The zero-order valence-electron chi connectivity index (χ0n) is 15.8. The minimum absolute atomic E-state index is 0. The predicted octanol–water partition coefficient (Wildman–Crippen LogP) is 4.76. The van der Waals surface area contributed by atoms with Gasteiger partial charge in [0.15, 0.2) is 0 Å². The number of rotatable bonds is 4. The molecule has 172 valence electrons. The van der Waals surface area contributed by atoms with Gasteiger partial charge in [0.2, 0.25) is 0 Å². The molecule has 33 heavy (non-hydrogen) atoms. The maximum atomic E-state index is 15.1. The van der Waals surface area contributed by atoms with Crippen LogP contribution in [0.4, 0.5) is 30.7 Å². The number of nitrogens with zero attached hydrogens (tertiary/aromatic N) is 5. The summed E-state index contributed by atoms with van der Waals surface area (Å²) in [6.45, 7) is 0. The van der Waals surface area contributed by atoms with Gasteiger partial charge >= 0.3 is 33.2 Å². The minimum Gasteiger partial charge on any atom is -0.343 e. The zero-order valence-corrected chi connectivity index (χ0v) is 18.1. The van der Waals surface area contributed by atoms with Crippen molar-refractivity contribution in [3.05, 3.63) is 89.8 Å². The topological polar surface area (TPSA) is 56.5 Å². The van der Waals surface area contributed by atoms with E-state index in [4.69, 9.17) is 0 Å².